The molecule has 2 saturated heterocycles. The van der Waals surface area contributed by atoms with Crippen LogP contribution < -0.4 is 0 Å². The molecule has 0 N–H and O–H groups in total. The average Bonchev–Trinajstić information content (AvgIpc) is 2.99. The standard InChI is InChI=1S/C11H19NO3/c1-10(14-8-9-15-10)11(2-3-11)12-4-6-13-7-5-12/h2-9H2,1H3. The number of ether oxygens (including phenoxy) is 3. The summed E-state index contributed by atoms with van der Waals surface area (Å²) in [5, 5.41) is 0. The third-order valence-corrected chi connectivity index (χ3v) is 4.02. The zero-order chi connectivity index (χ0) is 10.4. The van der Waals surface area contributed by atoms with E-state index in [1.165, 1.54) is 12.8 Å². The molecule has 15 heavy (non-hydrogen) atoms. The maximum Gasteiger partial charge on any atom is 0.184 e. The lowest BCUT2D eigenvalue weighted by atomic mass is 10.0. The molecule has 0 bridgehead atoms. The van der Waals surface area contributed by atoms with Crippen LogP contribution in [0.15, 0.2) is 0 Å². The monoisotopic (exact) mass is 213 g/mol. The van der Waals surface area contributed by atoms with Gasteiger partial charge in [0.2, 0.25) is 0 Å². The fourth-order valence-electron chi connectivity index (χ4n) is 2.95. The Morgan fingerprint density at radius 2 is 1.53 bits per heavy atom. The first-order valence-electron chi connectivity index (χ1n) is 5.88. The van der Waals surface area contributed by atoms with Gasteiger partial charge >= 0.3 is 0 Å². The van der Waals surface area contributed by atoms with Crippen LogP contribution in [0.4, 0.5) is 0 Å². The molecule has 2 aliphatic heterocycles. The Balaban J connectivity index is 1.77. The fourth-order valence-corrected chi connectivity index (χ4v) is 2.95. The van der Waals surface area contributed by atoms with Crippen LogP contribution in [-0.2, 0) is 14.2 Å². The second-order valence-electron chi connectivity index (χ2n) is 4.77. The Labute approximate surface area is 90.5 Å². The summed E-state index contributed by atoms with van der Waals surface area (Å²) in [6.07, 6.45) is 2.40. The van der Waals surface area contributed by atoms with E-state index >= 15 is 0 Å². The maximum absolute atomic E-state index is 5.82. The molecule has 1 aliphatic carbocycles. The second kappa shape index (κ2) is 3.42. The normalized spacial score (nSPS) is 34.2. The molecule has 0 atom stereocenters. The van der Waals surface area contributed by atoms with Gasteiger partial charge < -0.3 is 14.2 Å². The highest BCUT2D eigenvalue weighted by Gasteiger charge is 2.63. The topological polar surface area (TPSA) is 30.9 Å². The molecule has 3 rings (SSSR count). The average molecular weight is 213 g/mol. The van der Waals surface area contributed by atoms with Gasteiger partial charge in [0.25, 0.3) is 0 Å². The highest BCUT2D eigenvalue weighted by atomic mass is 16.7. The SMILES string of the molecule is CC1(C2(N3CCOCC3)CC2)OCCO1. The van der Waals surface area contributed by atoms with E-state index in [1.807, 2.05) is 0 Å². The molecular weight excluding hydrogens is 194 g/mol. The quantitative estimate of drug-likeness (QED) is 0.672. The third kappa shape index (κ3) is 1.43. The fraction of sp³-hybridized carbons (Fsp3) is 1.00. The molecule has 0 aromatic heterocycles. The minimum atomic E-state index is -0.371. The van der Waals surface area contributed by atoms with Crippen molar-refractivity contribution in [1.29, 1.82) is 0 Å². The number of morpholine rings is 1. The van der Waals surface area contributed by atoms with E-state index < -0.39 is 0 Å². The molecule has 0 radical (unpaired) electrons. The predicted octanol–water partition coefficient (Wildman–Crippen LogP) is 0.614. The zero-order valence-corrected chi connectivity index (χ0v) is 9.33. The van der Waals surface area contributed by atoms with Crippen molar-refractivity contribution in [3.8, 4) is 0 Å². The number of hydrogen-bond acceptors (Lipinski definition) is 4. The Hall–Kier alpha value is -0.160. The van der Waals surface area contributed by atoms with E-state index in [-0.39, 0.29) is 11.3 Å². The predicted molar refractivity (Wildman–Crippen MR) is 54.7 cm³/mol. The van der Waals surface area contributed by atoms with Crippen molar-refractivity contribution in [2.75, 3.05) is 39.5 Å². The van der Waals surface area contributed by atoms with E-state index in [1.54, 1.807) is 0 Å². The van der Waals surface area contributed by atoms with Gasteiger partial charge in [0.05, 0.1) is 32.0 Å². The first-order valence-corrected chi connectivity index (χ1v) is 5.88. The summed E-state index contributed by atoms with van der Waals surface area (Å²) in [6, 6.07) is 0. The Morgan fingerprint density at radius 3 is 2.07 bits per heavy atom. The highest BCUT2D eigenvalue weighted by Crippen LogP contribution is 2.53. The summed E-state index contributed by atoms with van der Waals surface area (Å²) in [4.78, 5) is 2.50. The minimum Gasteiger partial charge on any atom is -0.379 e. The van der Waals surface area contributed by atoms with Gasteiger partial charge in [-0.1, -0.05) is 0 Å². The van der Waals surface area contributed by atoms with Crippen molar-refractivity contribution < 1.29 is 14.2 Å². The molecule has 1 saturated carbocycles. The van der Waals surface area contributed by atoms with Crippen molar-refractivity contribution in [3.63, 3.8) is 0 Å². The highest BCUT2D eigenvalue weighted by molar-refractivity contribution is 5.13. The Kier molecular flexibility index (Phi) is 2.28. The molecule has 0 unspecified atom stereocenters. The van der Waals surface area contributed by atoms with Gasteiger partial charge in [0.1, 0.15) is 0 Å². The second-order valence-corrected chi connectivity index (χ2v) is 4.77. The van der Waals surface area contributed by atoms with Gasteiger partial charge in [-0.25, -0.2) is 0 Å². The Morgan fingerprint density at radius 1 is 0.933 bits per heavy atom. The van der Waals surface area contributed by atoms with E-state index in [4.69, 9.17) is 14.2 Å². The third-order valence-electron chi connectivity index (χ3n) is 4.02. The van der Waals surface area contributed by atoms with Crippen LogP contribution in [0.3, 0.4) is 0 Å². The van der Waals surface area contributed by atoms with E-state index in [9.17, 15) is 0 Å². The summed E-state index contributed by atoms with van der Waals surface area (Å²) < 4.78 is 17.0. The molecule has 0 aromatic rings. The van der Waals surface area contributed by atoms with Gasteiger partial charge in [0.15, 0.2) is 5.79 Å². The van der Waals surface area contributed by atoms with Crippen LogP contribution in [-0.4, -0.2) is 55.7 Å². The van der Waals surface area contributed by atoms with Gasteiger partial charge in [-0.2, -0.15) is 0 Å². The van der Waals surface area contributed by atoms with Gasteiger partial charge in [-0.05, 0) is 19.8 Å². The van der Waals surface area contributed by atoms with Crippen LogP contribution in [0.25, 0.3) is 0 Å². The van der Waals surface area contributed by atoms with Crippen LogP contribution >= 0.6 is 0 Å². The molecule has 86 valence electrons. The molecule has 0 aromatic carbocycles. The zero-order valence-electron chi connectivity index (χ0n) is 9.33. The van der Waals surface area contributed by atoms with Crippen LogP contribution in [0.5, 0.6) is 0 Å². The lowest BCUT2D eigenvalue weighted by molar-refractivity contribution is -0.207. The number of nitrogens with zero attached hydrogens (tertiary/aromatic N) is 1. The van der Waals surface area contributed by atoms with Crippen molar-refractivity contribution in [3.05, 3.63) is 0 Å². The van der Waals surface area contributed by atoms with Crippen molar-refractivity contribution in [2.24, 2.45) is 0 Å². The minimum absolute atomic E-state index is 0.146. The van der Waals surface area contributed by atoms with Crippen molar-refractivity contribution in [1.82, 2.24) is 4.90 Å². The smallest absolute Gasteiger partial charge is 0.184 e. The van der Waals surface area contributed by atoms with Gasteiger partial charge in [-0.3, -0.25) is 4.90 Å². The van der Waals surface area contributed by atoms with E-state index in [0.717, 1.165) is 39.5 Å². The summed E-state index contributed by atoms with van der Waals surface area (Å²) in [5.41, 5.74) is 0.146. The number of rotatable bonds is 2. The summed E-state index contributed by atoms with van der Waals surface area (Å²) in [7, 11) is 0. The maximum atomic E-state index is 5.82. The molecular formula is C11H19NO3. The van der Waals surface area contributed by atoms with Crippen molar-refractivity contribution in [2.45, 2.75) is 31.1 Å². The van der Waals surface area contributed by atoms with Gasteiger partial charge in [-0.15, -0.1) is 0 Å². The summed E-state index contributed by atoms with van der Waals surface area (Å²) in [5.74, 6) is -0.371. The van der Waals surface area contributed by atoms with Crippen molar-refractivity contribution >= 4 is 0 Å². The molecule has 3 fully saturated rings. The van der Waals surface area contributed by atoms with Crippen LogP contribution in [0.2, 0.25) is 0 Å². The molecule has 0 amide bonds. The molecule has 0 spiro atoms. The molecule has 4 heteroatoms. The largest absolute Gasteiger partial charge is 0.379 e. The van der Waals surface area contributed by atoms with E-state index in [2.05, 4.69) is 11.8 Å². The number of hydrogen-bond donors (Lipinski definition) is 0. The van der Waals surface area contributed by atoms with Gasteiger partial charge in [0, 0.05) is 13.1 Å². The molecule has 2 heterocycles. The Bertz CT molecular complexity index is 240. The van der Waals surface area contributed by atoms with Crippen LogP contribution in [0, 0.1) is 0 Å². The lowest BCUT2D eigenvalue weighted by Crippen LogP contribution is -2.57. The molecule has 3 aliphatic rings. The van der Waals surface area contributed by atoms with Crippen LogP contribution in [0.1, 0.15) is 19.8 Å². The molecule has 4 nitrogen and oxygen atoms in total. The summed E-state index contributed by atoms with van der Waals surface area (Å²) in [6.45, 7) is 7.30. The first-order chi connectivity index (χ1) is 7.27. The first kappa shape index (κ1) is 10.0. The lowest BCUT2D eigenvalue weighted by Gasteiger charge is -2.42. The summed E-state index contributed by atoms with van der Waals surface area (Å²) >= 11 is 0. The van der Waals surface area contributed by atoms with E-state index in [0.29, 0.717) is 0 Å².